The number of ether oxygens (including phenoxy) is 1. The van der Waals surface area contributed by atoms with Crippen molar-refractivity contribution in [1.29, 1.82) is 0 Å². The average Bonchev–Trinajstić information content (AvgIpc) is 2.28. The summed E-state index contributed by atoms with van der Waals surface area (Å²) in [5.74, 6) is 0. The highest BCUT2D eigenvalue weighted by Crippen LogP contribution is 2.14. The molecular formula is C9H13BrN2O4S. The second kappa shape index (κ2) is 6.41. The number of nitrogens with zero attached hydrogens (tertiary/aromatic N) is 1. The minimum absolute atomic E-state index is 0.0291. The lowest BCUT2D eigenvalue weighted by molar-refractivity contribution is 0.139. The van der Waals surface area contributed by atoms with Gasteiger partial charge in [-0.05, 0) is 22.0 Å². The highest BCUT2D eigenvalue weighted by atomic mass is 79.9. The second-order valence-corrected chi connectivity index (χ2v) is 5.92. The third-order valence-corrected chi connectivity index (χ3v) is 3.82. The molecule has 1 aromatic rings. The van der Waals surface area contributed by atoms with Crippen molar-refractivity contribution in [3.63, 3.8) is 0 Å². The molecule has 0 aliphatic rings. The SMILES string of the molecule is COCC(CO)NS(=O)(=O)c1cncc(Br)c1. The first kappa shape index (κ1) is 14.5. The van der Waals surface area contributed by atoms with Crippen molar-refractivity contribution in [2.24, 2.45) is 0 Å². The zero-order chi connectivity index (χ0) is 12.9. The van der Waals surface area contributed by atoms with Gasteiger partial charge in [0.05, 0.1) is 19.3 Å². The minimum Gasteiger partial charge on any atom is -0.395 e. The van der Waals surface area contributed by atoms with Gasteiger partial charge in [-0.15, -0.1) is 0 Å². The smallest absolute Gasteiger partial charge is 0.242 e. The van der Waals surface area contributed by atoms with Crippen LogP contribution in [0, 0.1) is 0 Å². The van der Waals surface area contributed by atoms with E-state index in [0.717, 1.165) is 0 Å². The average molecular weight is 325 g/mol. The molecule has 1 rings (SSSR count). The highest BCUT2D eigenvalue weighted by Gasteiger charge is 2.20. The van der Waals surface area contributed by atoms with Crippen LogP contribution in [-0.2, 0) is 14.8 Å². The van der Waals surface area contributed by atoms with Crippen molar-refractivity contribution in [2.75, 3.05) is 20.3 Å². The minimum atomic E-state index is -3.70. The first-order valence-corrected chi connectivity index (χ1v) is 7.00. The van der Waals surface area contributed by atoms with E-state index in [9.17, 15) is 8.42 Å². The van der Waals surface area contributed by atoms with E-state index in [4.69, 9.17) is 9.84 Å². The first-order chi connectivity index (χ1) is 7.99. The zero-order valence-corrected chi connectivity index (χ0v) is 11.5. The van der Waals surface area contributed by atoms with Crippen molar-refractivity contribution in [3.05, 3.63) is 22.9 Å². The molecule has 0 aliphatic heterocycles. The number of aliphatic hydroxyl groups is 1. The van der Waals surface area contributed by atoms with Crippen molar-refractivity contribution in [1.82, 2.24) is 9.71 Å². The summed E-state index contributed by atoms with van der Waals surface area (Å²) in [5.41, 5.74) is 0. The van der Waals surface area contributed by atoms with E-state index >= 15 is 0 Å². The van der Waals surface area contributed by atoms with Gasteiger partial charge in [-0.3, -0.25) is 4.98 Å². The number of hydrogen-bond acceptors (Lipinski definition) is 5. The van der Waals surface area contributed by atoms with Crippen LogP contribution in [0.3, 0.4) is 0 Å². The summed E-state index contributed by atoms with van der Waals surface area (Å²) in [6.45, 7) is -0.244. The van der Waals surface area contributed by atoms with Gasteiger partial charge < -0.3 is 9.84 Å². The molecule has 0 fully saturated rings. The van der Waals surface area contributed by atoms with Gasteiger partial charge in [0, 0.05) is 24.0 Å². The van der Waals surface area contributed by atoms with E-state index < -0.39 is 16.1 Å². The monoisotopic (exact) mass is 324 g/mol. The summed E-state index contributed by atoms with van der Waals surface area (Å²) >= 11 is 3.14. The molecule has 0 aromatic carbocycles. The Morgan fingerprint density at radius 3 is 2.82 bits per heavy atom. The fourth-order valence-electron chi connectivity index (χ4n) is 1.15. The van der Waals surface area contributed by atoms with Gasteiger partial charge in [-0.25, -0.2) is 13.1 Å². The number of aromatic nitrogens is 1. The maximum Gasteiger partial charge on any atom is 0.242 e. The zero-order valence-electron chi connectivity index (χ0n) is 9.13. The van der Waals surface area contributed by atoms with Gasteiger partial charge in [-0.1, -0.05) is 0 Å². The van der Waals surface area contributed by atoms with Crippen LogP contribution in [0.2, 0.25) is 0 Å². The third kappa shape index (κ3) is 4.32. The van der Waals surface area contributed by atoms with E-state index in [2.05, 4.69) is 25.6 Å². The summed E-state index contributed by atoms with van der Waals surface area (Å²) < 4.78 is 31.5. The maximum atomic E-state index is 11.9. The van der Waals surface area contributed by atoms with Crippen LogP contribution < -0.4 is 4.72 Å². The Hall–Kier alpha value is -0.540. The molecular weight excluding hydrogens is 312 g/mol. The molecule has 6 nitrogen and oxygen atoms in total. The number of methoxy groups -OCH3 is 1. The van der Waals surface area contributed by atoms with Gasteiger partial charge in [0.25, 0.3) is 0 Å². The molecule has 0 aliphatic carbocycles. The van der Waals surface area contributed by atoms with E-state index in [1.54, 1.807) is 0 Å². The molecule has 8 heteroatoms. The third-order valence-electron chi connectivity index (χ3n) is 1.90. The summed E-state index contributed by atoms with van der Waals surface area (Å²) in [6.07, 6.45) is 2.71. The molecule has 0 bridgehead atoms. The number of sulfonamides is 1. The van der Waals surface area contributed by atoms with E-state index in [0.29, 0.717) is 4.47 Å². The Balaban J connectivity index is 2.88. The van der Waals surface area contributed by atoms with Crippen molar-refractivity contribution in [3.8, 4) is 0 Å². The van der Waals surface area contributed by atoms with Crippen LogP contribution in [-0.4, -0.2) is 44.9 Å². The molecule has 17 heavy (non-hydrogen) atoms. The predicted octanol–water partition coefficient (Wildman–Crippen LogP) is 0.130. The number of nitrogens with one attached hydrogen (secondary N) is 1. The standard InChI is InChI=1S/C9H13BrN2O4S/c1-16-6-8(5-13)12-17(14,15)9-2-7(10)3-11-4-9/h2-4,8,12-13H,5-6H2,1H3. The molecule has 0 saturated carbocycles. The Morgan fingerprint density at radius 2 is 2.29 bits per heavy atom. The summed E-state index contributed by atoms with van der Waals surface area (Å²) in [7, 11) is -2.27. The largest absolute Gasteiger partial charge is 0.395 e. The number of halogens is 1. The number of hydrogen-bond donors (Lipinski definition) is 2. The molecule has 1 atom stereocenters. The van der Waals surface area contributed by atoms with Crippen LogP contribution >= 0.6 is 15.9 Å². The van der Waals surface area contributed by atoms with Crippen LogP contribution in [0.5, 0.6) is 0 Å². The molecule has 1 heterocycles. The lowest BCUT2D eigenvalue weighted by atomic mass is 10.4. The normalized spacial score (nSPS) is 13.6. The first-order valence-electron chi connectivity index (χ1n) is 4.72. The molecule has 1 aromatic heterocycles. The van der Waals surface area contributed by atoms with Crippen molar-refractivity contribution in [2.45, 2.75) is 10.9 Å². The second-order valence-electron chi connectivity index (χ2n) is 3.29. The van der Waals surface area contributed by atoms with Gasteiger partial charge in [-0.2, -0.15) is 0 Å². The number of aliphatic hydroxyl groups excluding tert-OH is 1. The fourth-order valence-corrected chi connectivity index (χ4v) is 2.87. The lowest BCUT2D eigenvalue weighted by Gasteiger charge is -2.15. The quantitative estimate of drug-likeness (QED) is 0.776. The number of rotatable bonds is 6. The summed E-state index contributed by atoms with van der Waals surface area (Å²) in [4.78, 5) is 3.80. The molecule has 96 valence electrons. The van der Waals surface area contributed by atoms with Crippen LogP contribution in [0.25, 0.3) is 0 Å². The van der Waals surface area contributed by atoms with Gasteiger partial charge in [0.1, 0.15) is 4.90 Å². The summed E-state index contributed by atoms with van der Waals surface area (Å²) in [6, 6.07) is 0.750. The van der Waals surface area contributed by atoms with Gasteiger partial charge >= 0.3 is 0 Å². The Labute approximate surface area is 108 Å². The maximum absolute atomic E-state index is 11.9. The van der Waals surface area contributed by atoms with E-state index in [1.807, 2.05) is 0 Å². The van der Waals surface area contributed by atoms with Gasteiger partial charge in [0.15, 0.2) is 0 Å². The Morgan fingerprint density at radius 1 is 1.59 bits per heavy atom. The molecule has 1 unspecified atom stereocenters. The molecule has 0 spiro atoms. The lowest BCUT2D eigenvalue weighted by Crippen LogP contribution is -2.40. The van der Waals surface area contributed by atoms with Crippen LogP contribution in [0.1, 0.15) is 0 Å². The van der Waals surface area contributed by atoms with E-state index in [1.165, 1.54) is 25.6 Å². The molecule has 0 amide bonds. The number of pyridine rings is 1. The fraction of sp³-hybridized carbons (Fsp3) is 0.444. The van der Waals surface area contributed by atoms with E-state index in [-0.39, 0.29) is 18.1 Å². The Kier molecular flexibility index (Phi) is 5.47. The van der Waals surface area contributed by atoms with Crippen molar-refractivity contribution >= 4 is 26.0 Å². The topological polar surface area (TPSA) is 88.5 Å². The van der Waals surface area contributed by atoms with Gasteiger partial charge in [0.2, 0.25) is 10.0 Å². The molecule has 0 radical (unpaired) electrons. The van der Waals surface area contributed by atoms with Crippen LogP contribution in [0.4, 0.5) is 0 Å². The van der Waals surface area contributed by atoms with Crippen LogP contribution in [0.15, 0.2) is 27.8 Å². The predicted molar refractivity (Wildman–Crippen MR) is 65.0 cm³/mol. The summed E-state index contributed by atoms with van der Waals surface area (Å²) in [5, 5.41) is 8.99. The highest BCUT2D eigenvalue weighted by molar-refractivity contribution is 9.10. The Bertz CT molecular complexity index is 466. The molecule has 0 saturated heterocycles. The molecule has 2 N–H and O–H groups in total. The van der Waals surface area contributed by atoms with Crippen molar-refractivity contribution < 1.29 is 18.3 Å².